The fraction of sp³-hybridized carbons (Fsp3) is 0.333. The van der Waals surface area contributed by atoms with Gasteiger partial charge in [0.2, 0.25) is 0 Å². The third-order valence-corrected chi connectivity index (χ3v) is 4.29. The fourth-order valence-corrected chi connectivity index (χ4v) is 3.31. The van der Waals surface area contributed by atoms with E-state index in [2.05, 4.69) is 34.8 Å². The van der Waals surface area contributed by atoms with Gasteiger partial charge in [-0.25, -0.2) is 0 Å². The van der Waals surface area contributed by atoms with E-state index >= 15 is 0 Å². The molecule has 0 spiro atoms. The quantitative estimate of drug-likeness (QED) is 0.905. The van der Waals surface area contributed by atoms with E-state index in [0.29, 0.717) is 0 Å². The van der Waals surface area contributed by atoms with Gasteiger partial charge in [-0.3, -0.25) is 4.90 Å². The smallest absolute Gasteiger partial charge is 0.0511 e. The minimum atomic E-state index is 0.0172. The summed E-state index contributed by atoms with van der Waals surface area (Å²) in [4.78, 5) is 2.26. The monoisotopic (exact) mass is 294 g/mol. The van der Waals surface area contributed by atoms with E-state index in [4.69, 9.17) is 17.3 Å². The van der Waals surface area contributed by atoms with Gasteiger partial charge in [0.05, 0.1) is 6.04 Å². The molecule has 102 valence electrons. The molecule has 0 saturated carbocycles. The SMILES string of the molecule is CC(N)C(c1ccccc1Cl)N(C)Cc1ccsc1. The van der Waals surface area contributed by atoms with Crippen molar-refractivity contribution in [1.29, 1.82) is 0 Å². The lowest BCUT2D eigenvalue weighted by atomic mass is 9.99. The zero-order valence-corrected chi connectivity index (χ0v) is 12.8. The number of thiophene rings is 1. The maximum Gasteiger partial charge on any atom is 0.0511 e. The third-order valence-electron chi connectivity index (χ3n) is 3.21. The van der Waals surface area contributed by atoms with Crippen LogP contribution >= 0.6 is 22.9 Å². The Balaban J connectivity index is 2.23. The van der Waals surface area contributed by atoms with Crippen LogP contribution in [-0.4, -0.2) is 18.0 Å². The van der Waals surface area contributed by atoms with Crippen molar-refractivity contribution < 1.29 is 0 Å². The van der Waals surface area contributed by atoms with Crippen molar-refractivity contribution in [2.75, 3.05) is 7.05 Å². The van der Waals surface area contributed by atoms with Gasteiger partial charge in [-0.15, -0.1) is 0 Å². The van der Waals surface area contributed by atoms with Crippen molar-refractivity contribution in [3.05, 3.63) is 57.2 Å². The summed E-state index contributed by atoms with van der Waals surface area (Å²) in [7, 11) is 2.09. The minimum Gasteiger partial charge on any atom is -0.326 e. The standard InChI is InChI=1S/C15H19ClN2S/c1-11(17)15(13-5-3-4-6-14(13)16)18(2)9-12-7-8-19-10-12/h3-8,10-11,15H,9,17H2,1-2H3. The molecule has 2 atom stereocenters. The van der Waals surface area contributed by atoms with E-state index in [-0.39, 0.29) is 12.1 Å². The molecule has 0 saturated heterocycles. The molecule has 0 aliphatic rings. The van der Waals surface area contributed by atoms with Crippen LogP contribution in [0.3, 0.4) is 0 Å². The molecule has 0 aliphatic carbocycles. The summed E-state index contributed by atoms with van der Waals surface area (Å²) >= 11 is 8.03. The Kier molecular flexibility index (Phi) is 4.99. The highest BCUT2D eigenvalue weighted by atomic mass is 35.5. The third kappa shape index (κ3) is 3.57. The molecular weight excluding hydrogens is 276 g/mol. The zero-order valence-electron chi connectivity index (χ0n) is 11.2. The lowest BCUT2D eigenvalue weighted by Gasteiger charge is -2.32. The lowest BCUT2D eigenvalue weighted by Crippen LogP contribution is -2.37. The van der Waals surface area contributed by atoms with E-state index in [0.717, 1.165) is 17.1 Å². The minimum absolute atomic E-state index is 0.0172. The number of hydrogen-bond donors (Lipinski definition) is 1. The highest BCUT2D eigenvalue weighted by molar-refractivity contribution is 7.07. The number of rotatable bonds is 5. The predicted octanol–water partition coefficient (Wildman–Crippen LogP) is 3.92. The van der Waals surface area contributed by atoms with Gasteiger partial charge in [0.1, 0.15) is 0 Å². The molecule has 0 radical (unpaired) electrons. The van der Waals surface area contributed by atoms with Gasteiger partial charge < -0.3 is 5.73 Å². The number of halogens is 1. The van der Waals surface area contributed by atoms with Crippen molar-refractivity contribution >= 4 is 22.9 Å². The van der Waals surface area contributed by atoms with Gasteiger partial charge in [-0.1, -0.05) is 29.8 Å². The predicted molar refractivity (Wildman–Crippen MR) is 83.6 cm³/mol. The number of nitrogens with two attached hydrogens (primary N) is 1. The van der Waals surface area contributed by atoms with E-state index in [1.54, 1.807) is 11.3 Å². The number of nitrogens with zero attached hydrogens (tertiary/aromatic N) is 1. The van der Waals surface area contributed by atoms with Crippen LogP contribution in [0, 0.1) is 0 Å². The molecule has 1 aromatic carbocycles. The molecule has 2 unspecified atom stereocenters. The second kappa shape index (κ2) is 6.53. The van der Waals surface area contributed by atoms with Crippen molar-refractivity contribution in [2.24, 2.45) is 5.73 Å². The van der Waals surface area contributed by atoms with Crippen LogP contribution in [0.5, 0.6) is 0 Å². The molecule has 1 heterocycles. The molecule has 4 heteroatoms. The first kappa shape index (κ1) is 14.5. The van der Waals surface area contributed by atoms with Crippen LogP contribution in [0.4, 0.5) is 0 Å². The van der Waals surface area contributed by atoms with E-state index in [1.807, 2.05) is 25.1 Å². The first-order chi connectivity index (χ1) is 9.09. The fourth-order valence-electron chi connectivity index (χ4n) is 2.41. The molecule has 2 N–H and O–H groups in total. The van der Waals surface area contributed by atoms with E-state index in [9.17, 15) is 0 Å². The molecule has 0 aliphatic heterocycles. The van der Waals surface area contributed by atoms with Crippen molar-refractivity contribution in [2.45, 2.75) is 25.6 Å². The largest absolute Gasteiger partial charge is 0.326 e. The molecule has 1 aromatic heterocycles. The van der Waals surface area contributed by atoms with Crippen LogP contribution < -0.4 is 5.73 Å². The van der Waals surface area contributed by atoms with Gasteiger partial charge in [0.15, 0.2) is 0 Å². The molecular formula is C15H19ClN2S. The Morgan fingerprint density at radius 3 is 2.63 bits per heavy atom. The van der Waals surface area contributed by atoms with E-state index in [1.165, 1.54) is 5.56 Å². The summed E-state index contributed by atoms with van der Waals surface area (Å²) in [6, 6.07) is 10.2. The highest BCUT2D eigenvalue weighted by Crippen LogP contribution is 2.29. The van der Waals surface area contributed by atoms with E-state index < -0.39 is 0 Å². The Morgan fingerprint density at radius 2 is 2.05 bits per heavy atom. The molecule has 0 amide bonds. The molecule has 0 bridgehead atoms. The van der Waals surface area contributed by atoms with Gasteiger partial charge >= 0.3 is 0 Å². The number of likely N-dealkylation sites (N-methyl/N-ethyl adjacent to an activating group) is 1. The lowest BCUT2D eigenvalue weighted by molar-refractivity contribution is 0.211. The van der Waals surface area contributed by atoms with Crippen LogP contribution in [-0.2, 0) is 6.54 Å². The molecule has 0 fully saturated rings. The zero-order chi connectivity index (χ0) is 13.8. The van der Waals surface area contributed by atoms with Crippen molar-refractivity contribution in [1.82, 2.24) is 4.90 Å². The maximum absolute atomic E-state index is 6.31. The summed E-state index contributed by atoms with van der Waals surface area (Å²) in [5.74, 6) is 0. The highest BCUT2D eigenvalue weighted by Gasteiger charge is 2.23. The van der Waals surface area contributed by atoms with Crippen molar-refractivity contribution in [3.63, 3.8) is 0 Å². The molecule has 2 rings (SSSR count). The Hall–Kier alpha value is -0.870. The Labute approximate surface area is 123 Å². The normalized spacial score (nSPS) is 14.6. The second-order valence-electron chi connectivity index (χ2n) is 4.87. The Bertz CT molecular complexity index is 511. The van der Waals surface area contributed by atoms with Gasteiger partial charge in [0.25, 0.3) is 0 Å². The van der Waals surface area contributed by atoms with Crippen LogP contribution in [0.1, 0.15) is 24.1 Å². The second-order valence-corrected chi connectivity index (χ2v) is 6.06. The average Bonchev–Trinajstić information content (AvgIpc) is 2.84. The average molecular weight is 295 g/mol. The Morgan fingerprint density at radius 1 is 1.32 bits per heavy atom. The van der Waals surface area contributed by atoms with Crippen LogP contribution in [0.25, 0.3) is 0 Å². The van der Waals surface area contributed by atoms with Crippen LogP contribution in [0.15, 0.2) is 41.1 Å². The topological polar surface area (TPSA) is 29.3 Å². The number of benzene rings is 1. The summed E-state index contributed by atoms with van der Waals surface area (Å²) < 4.78 is 0. The number of hydrogen-bond acceptors (Lipinski definition) is 3. The van der Waals surface area contributed by atoms with Crippen molar-refractivity contribution in [3.8, 4) is 0 Å². The first-order valence-corrected chi connectivity index (χ1v) is 7.63. The van der Waals surface area contributed by atoms with Gasteiger partial charge in [0, 0.05) is 17.6 Å². The molecule has 2 aromatic rings. The van der Waals surface area contributed by atoms with Crippen LogP contribution in [0.2, 0.25) is 5.02 Å². The molecule has 19 heavy (non-hydrogen) atoms. The molecule has 2 nitrogen and oxygen atoms in total. The summed E-state index contributed by atoms with van der Waals surface area (Å²) in [5.41, 5.74) is 8.57. The van der Waals surface area contributed by atoms with Gasteiger partial charge in [-0.05, 0) is 48.0 Å². The summed E-state index contributed by atoms with van der Waals surface area (Å²) in [6.07, 6.45) is 0. The first-order valence-electron chi connectivity index (χ1n) is 6.31. The van der Waals surface area contributed by atoms with Gasteiger partial charge in [-0.2, -0.15) is 11.3 Å². The maximum atomic E-state index is 6.31. The summed E-state index contributed by atoms with van der Waals surface area (Å²) in [5, 5.41) is 5.04. The summed E-state index contributed by atoms with van der Waals surface area (Å²) in [6.45, 7) is 2.90.